The molecule has 0 radical (unpaired) electrons. The van der Waals surface area contributed by atoms with Crippen LogP contribution in [0.15, 0.2) is 47.4 Å². The molecule has 1 aliphatic heterocycles. The third-order valence-corrected chi connectivity index (χ3v) is 12.2. The van der Waals surface area contributed by atoms with E-state index in [0.29, 0.717) is 18.5 Å². The number of nitrogens with zero attached hydrogens (tertiary/aromatic N) is 2. The van der Waals surface area contributed by atoms with Crippen molar-refractivity contribution in [3.8, 4) is 0 Å². The van der Waals surface area contributed by atoms with Gasteiger partial charge in [-0.05, 0) is 67.1 Å². The number of fused-ring (bicyclic) bond motifs is 1. The number of unbranched alkanes of at least 4 members (excludes halogenated alkanes) is 2. The first-order chi connectivity index (χ1) is 28.4. The van der Waals surface area contributed by atoms with Crippen molar-refractivity contribution in [1.82, 2.24) is 4.90 Å². The maximum absolute atomic E-state index is 13.3. The Labute approximate surface area is 359 Å². The molecular weight excluding hydrogens is 791 g/mol. The Balaban J connectivity index is 1.74. The molecule has 0 spiro atoms. The minimum Gasteiger partial charge on any atom is -0.462 e. The van der Waals surface area contributed by atoms with Crippen LogP contribution in [0.5, 0.6) is 0 Å². The van der Waals surface area contributed by atoms with Crippen LogP contribution in [-0.4, -0.2) is 110 Å². The Hall–Kier alpha value is -4.63. The molecule has 0 bridgehead atoms. The van der Waals surface area contributed by atoms with Crippen molar-refractivity contribution >= 4 is 58.8 Å². The number of esters is 4. The standard InChI is InChI=1S/C45H65N3O11S/c1-10-12-21-45(11-2)28-60-41-20-19-36(47(8)9)24-38(41)43(44(45)55)34-16-15-17-35(23-34)46-42(54)18-13-14-22-48(29(3)49)26-37(57-31(5)51)25-39(58-32(6)52)40(59-33(7)53)27-56-30(4)50/h15-17,19-20,23-24,37,39-40,43-44,55H,10-14,18,21-22,25-28H2,1-9H3,(H,46,54)/t37-,39+,40?,43?,44?,45+/m1/s1. The van der Waals surface area contributed by atoms with Gasteiger partial charge in [0.05, 0.1) is 12.6 Å². The lowest BCUT2D eigenvalue weighted by Gasteiger charge is -2.40. The molecule has 0 saturated heterocycles. The summed E-state index contributed by atoms with van der Waals surface area (Å²) in [7, 11) is 4.01. The molecule has 0 aromatic heterocycles. The van der Waals surface area contributed by atoms with Gasteiger partial charge in [0.25, 0.3) is 0 Å². The number of hydrogen-bond donors (Lipinski definition) is 2. The van der Waals surface area contributed by atoms with Gasteiger partial charge in [-0.25, -0.2) is 0 Å². The highest BCUT2D eigenvalue weighted by Crippen LogP contribution is 2.51. The average molecular weight is 856 g/mol. The minimum absolute atomic E-state index is 0.0749. The van der Waals surface area contributed by atoms with Crippen LogP contribution in [0.4, 0.5) is 11.4 Å². The van der Waals surface area contributed by atoms with E-state index in [1.54, 1.807) is 0 Å². The number of aliphatic hydroxyl groups excluding tert-OH is 1. The van der Waals surface area contributed by atoms with Crippen molar-refractivity contribution < 1.29 is 52.8 Å². The molecule has 2 aromatic carbocycles. The number of nitrogens with one attached hydrogen (secondary N) is 1. The summed E-state index contributed by atoms with van der Waals surface area (Å²) < 4.78 is 21.3. The highest BCUT2D eigenvalue weighted by Gasteiger charge is 2.44. The summed E-state index contributed by atoms with van der Waals surface area (Å²) in [5.74, 6) is -2.71. The Kier molecular flexibility index (Phi) is 19.9. The van der Waals surface area contributed by atoms with E-state index < -0.39 is 54.9 Å². The molecule has 6 atom stereocenters. The molecule has 3 unspecified atom stereocenters. The first kappa shape index (κ1) is 49.7. The number of hydrogen-bond acceptors (Lipinski definition) is 13. The molecule has 0 aliphatic carbocycles. The quantitative estimate of drug-likeness (QED) is 0.0732. The molecule has 332 valence electrons. The number of thioether (sulfide) groups is 1. The molecule has 1 aliphatic rings. The van der Waals surface area contributed by atoms with E-state index in [4.69, 9.17) is 18.9 Å². The second-order valence-electron chi connectivity index (χ2n) is 15.8. The molecule has 15 heteroatoms. The number of carbonyl (C=O) groups excluding carboxylic acids is 6. The Bertz CT molecular complexity index is 1790. The van der Waals surface area contributed by atoms with Crippen LogP contribution in [0.3, 0.4) is 0 Å². The lowest BCUT2D eigenvalue weighted by atomic mass is 9.69. The fraction of sp³-hybridized carbons (Fsp3) is 0.600. The van der Waals surface area contributed by atoms with Crippen molar-refractivity contribution in [1.29, 1.82) is 0 Å². The summed E-state index contributed by atoms with van der Waals surface area (Å²) in [6.45, 7) is 10.1. The average Bonchev–Trinajstić information content (AvgIpc) is 3.29. The summed E-state index contributed by atoms with van der Waals surface area (Å²) in [5.41, 5.74) is 3.40. The summed E-state index contributed by atoms with van der Waals surface area (Å²) in [4.78, 5) is 78.3. The van der Waals surface area contributed by atoms with Crippen LogP contribution < -0.4 is 10.2 Å². The SMILES string of the molecule is CCCC[C@@]1(CC)CSc2ccc(N(C)C)cc2C(c2cccc(NC(=O)CCCCN(C[C@@H](C[C@H](OC(C)=O)C(COC(C)=O)OC(C)=O)OC(C)=O)C(C)=O)c2)C1O. The summed E-state index contributed by atoms with van der Waals surface area (Å²) in [6, 6.07) is 14.2. The normalized spacial score (nSPS) is 18.7. The molecule has 2 aromatic rings. The van der Waals surface area contributed by atoms with E-state index >= 15 is 0 Å². The molecular formula is C45H65N3O11S. The highest BCUT2D eigenvalue weighted by atomic mass is 32.2. The maximum Gasteiger partial charge on any atom is 0.303 e. The van der Waals surface area contributed by atoms with Crippen molar-refractivity contribution in [2.24, 2.45) is 5.41 Å². The summed E-state index contributed by atoms with van der Waals surface area (Å²) in [6.07, 6.45) is 0.740. The molecule has 14 nitrogen and oxygen atoms in total. The van der Waals surface area contributed by atoms with Crippen molar-refractivity contribution in [2.45, 2.75) is 135 Å². The third kappa shape index (κ3) is 15.1. The summed E-state index contributed by atoms with van der Waals surface area (Å²) in [5, 5.41) is 15.4. The van der Waals surface area contributed by atoms with Crippen LogP contribution in [-0.2, 0) is 47.7 Å². The van der Waals surface area contributed by atoms with Gasteiger partial charge in [0.1, 0.15) is 18.8 Å². The summed E-state index contributed by atoms with van der Waals surface area (Å²) >= 11 is 1.82. The topological polar surface area (TPSA) is 178 Å². The number of amides is 2. The van der Waals surface area contributed by atoms with Gasteiger partial charge in [-0.15, -0.1) is 11.8 Å². The Morgan fingerprint density at radius 1 is 0.867 bits per heavy atom. The van der Waals surface area contributed by atoms with Crippen molar-refractivity contribution in [3.63, 3.8) is 0 Å². The zero-order valence-electron chi connectivity index (χ0n) is 36.7. The third-order valence-electron chi connectivity index (χ3n) is 10.8. The van der Waals surface area contributed by atoms with Gasteiger partial charge in [-0.2, -0.15) is 0 Å². The lowest BCUT2D eigenvalue weighted by molar-refractivity contribution is -0.177. The van der Waals surface area contributed by atoms with E-state index in [1.165, 1.54) is 25.7 Å². The number of carbonyl (C=O) groups is 6. The number of ether oxygens (including phenoxy) is 4. The molecule has 2 N–H and O–H groups in total. The van der Waals surface area contributed by atoms with Gasteiger partial charge in [0.15, 0.2) is 6.10 Å². The lowest BCUT2D eigenvalue weighted by Crippen LogP contribution is -2.45. The number of aliphatic hydroxyl groups is 1. The van der Waals surface area contributed by atoms with E-state index in [2.05, 4.69) is 42.3 Å². The predicted octanol–water partition coefficient (Wildman–Crippen LogP) is 6.64. The number of benzene rings is 2. The Morgan fingerprint density at radius 3 is 2.15 bits per heavy atom. The van der Waals surface area contributed by atoms with Gasteiger partial charge in [-0.3, -0.25) is 28.8 Å². The van der Waals surface area contributed by atoms with E-state index in [1.807, 2.05) is 50.1 Å². The largest absolute Gasteiger partial charge is 0.462 e. The van der Waals surface area contributed by atoms with Gasteiger partial charge >= 0.3 is 23.9 Å². The number of anilines is 2. The first-order valence-electron chi connectivity index (χ1n) is 20.8. The van der Waals surface area contributed by atoms with Crippen LogP contribution in [0.25, 0.3) is 0 Å². The zero-order valence-corrected chi connectivity index (χ0v) is 37.6. The van der Waals surface area contributed by atoms with Crippen LogP contribution in [0, 0.1) is 5.41 Å². The first-order valence-corrected chi connectivity index (χ1v) is 21.8. The molecule has 3 rings (SSSR count). The second kappa shape index (κ2) is 24.0. The minimum atomic E-state index is -1.20. The zero-order chi connectivity index (χ0) is 44.6. The van der Waals surface area contributed by atoms with Crippen LogP contribution in [0.1, 0.15) is 117 Å². The van der Waals surface area contributed by atoms with Crippen LogP contribution >= 0.6 is 11.8 Å². The molecule has 60 heavy (non-hydrogen) atoms. The molecule has 1 heterocycles. The maximum atomic E-state index is 13.3. The fourth-order valence-electron chi connectivity index (χ4n) is 7.63. The fourth-order valence-corrected chi connectivity index (χ4v) is 9.11. The van der Waals surface area contributed by atoms with Gasteiger partial charge in [-0.1, -0.05) is 38.8 Å². The van der Waals surface area contributed by atoms with E-state index in [0.717, 1.165) is 67.0 Å². The molecule has 2 amide bonds. The van der Waals surface area contributed by atoms with Crippen LogP contribution in [0.2, 0.25) is 0 Å². The molecule has 0 fully saturated rings. The van der Waals surface area contributed by atoms with Gasteiger partial charge < -0.3 is 39.2 Å². The second-order valence-corrected chi connectivity index (χ2v) is 16.8. The van der Waals surface area contributed by atoms with Crippen molar-refractivity contribution in [2.75, 3.05) is 49.8 Å². The Morgan fingerprint density at radius 2 is 1.55 bits per heavy atom. The number of rotatable bonds is 22. The highest BCUT2D eigenvalue weighted by molar-refractivity contribution is 7.99. The smallest absolute Gasteiger partial charge is 0.303 e. The monoisotopic (exact) mass is 855 g/mol. The van der Waals surface area contributed by atoms with E-state index in [-0.39, 0.29) is 49.1 Å². The van der Waals surface area contributed by atoms with Crippen molar-refractivity contribution in [3.05, 3.63) is 53.6 Å². The predicted molar refractivity (Wildman–Crippen MR) is 231 cm³/mol. The van der Waals surface area contributed by atoms with Gasteiger partial charge in [0.2, 0.25) is 11.8 Å². The molecule has 0 saturated carbocycles. The van der Waals surface area contributed by atoms with Gasteiger partial charge in [0, 0.05) is 101 Å². The van der Waals surface area contributed by atoms with E-state index in [9.17, 15) is 33.9 Å².